The van der Waals surface area contributed by atoms with Gasteiger partial charge < -0.3 is 4.90 Å². The van der Waals surface area contributed by atoms with Crippen LogP contribution >= 0.6 is 0 Å². The summed E-state index contributed by atoms with van der Waals surface area (Å²) in [7, 11) is -3.56. The number of sulfonamides is 1. The molecule has 2 fully saturated rings. The molecule has 3 rings (SSSR count). The summed E-state index contributed by atoms with van der Waals surface area (Å²) in [6.45, 7) is 13.5. The number of nitrogens with zero attached hydrogens (tertiary/aromatic N) is 2. The van der Waals surface area contributed by atoms with Crippen LogP contribution < -0.4 is 4.72 Å². The second-order valence-electron chi connectivity index (χ2n) is 9.35. The Morgan fingerprint density at radius 2 is 1.50 bits per heavy atom. The monoisotopic (exact) mass is 435 g/mol. The lowest BCUT2D eigenvalue weighted by Gasteiger charge is -2.39. The SMILES string of the molecule is Cc1cc(C)c(S(=O)(=O)N[C@H]2CC[C@H](C(=O)N3CCN(C(C)C)CC3)CC2)c(C)c1. The van der Waals surface area contributed by atoms with Gasteiger partial charge in [-0.1, -0.05) is 17.7 Å². The van der Waals surface area contributed by atoms with Crippen LogP contribution in [0.5, 0.6) is 0 Å². The van der Waals surface area contributed by atoms with E-state index in [0.29, 0.717) is 23.8 Å². The first-order chi connectivity index (χ1) is 14.1. The smallest absolute Gasteiger partial charge is 0.241 e. The first-order valence-electron chi connectivity index (χ1n) is 11.2. The van der Waals surface area contributed by atoms with Gasteiger partial charge in [0.1, 0.15) is 0 Å². The predicted octanol–water partition coefficient (Wildman–Crippen LogP) is 3.00. The van der Waals surface area contributed by atoms with Crippen LogP contribution in [0, 0.1) is 26.7 Å². The van der Waals surface area contributed by atoms with E-state index in [9.17, 15) is 13.2 Å². The van der Waals surface area contributed by atoms with Crippen LogP contribution in [0.2, 0.25) is 0 Å². The number of aryl methyl sites for hydroxylation is 3. The Labute approximate surface area is 182 Å². The molecule has 1 aromatic rings. The molecule has 0 spiro atoms. The van der Waals surface area contributed by atoms with Crippen LogP contribution in [0.25, 0.3) is 0 Å². The summed E-state index contributed by atoms with van der Waals surface area (Å²) < 4.78 is 28.9. The standard InChI is InChI=1S/C23H37N3O3S/c1-16(2)25-10-12-26(13-11-25)23(27)20-6-8-21(9-7-20)24-30(28,29)22-18(4)14-17(3)15-19(22)5/h14-16,20-21,24H,6-13H2,1-5H3/t20-,21-. The summed E-state index contributed by atoms with van der Waals surface area (Å²) >= 11 is 0. The first kappa shape index (κ1) is 23.2. The Bertz CT molecular complexity index is 843. The number of carbonyl (C=O) groups is 1. The molecule has 168 valence electrons. The molecule has 1 saturated heterocycles. The molecule has 2 aliphatic rings. The van der Waals surface area contributed by atoms with Crippen molar-refractivity contribution in [2.75, 3.05) is 26.2 Å². The molecule has 30 heavy (non-hydrogen) atoms. The number of amides is 1. The van der Waals surface area contributed by atoms with Gasteiger partial charge in [-0.25, -0.2) is 13.1 Å². The van der Waals surface area contributed by atoms with Gasteiger partial charge in [0.15, 0.2) is 0 Å². The van der Waals surface area contributed by atoms with Crippen molar-refractivity contribution in [1.82, 2.24) is 14.5 Å². The lowest BCUT2D eigenvalue weighted by Crippen LogP contribution is -2.52. The van der Waals surface area contributed by atoms with Gasteiger partial charge in [-0.15, -0.1) is 0 Å². The highest BCUT2D eigenvalue weighted by Gasteiger charge is 2.33. The van der Waals surface area contributed by atoms with Gasteiger partial charge in [-0.2, -0.15) is 0 Å². The number of piperazine rings is 1. The molecular weight excluding hydrogens is 398 g/mol. The zero-order chi connectivity index (χ0) is 22.1. The van der Waals surface area contributed by atoms with E-state index in [1.165, 1.54) is 0 Å². The van der Waals surface area contributed by atoms with E-state index in [4.69, 9.17) is 0 Å². The Balaban J connectivity index is 1.55. The van der Waals surface area contributed by atoms with Crippen LogP contribution in [0.15, 0.2) is 17.0 Å². The Morgan fingerprint density at radius 3 is 2.00 bits per heavy atom. The van der Waals surface area contributed by atoms with Gasteiger partial charge >= 0.3 is 0 Å². The molecule has 1 saturated carbocycles. The zero-order valence-corrected chi connectivity index (χ0v) is 19.9. The van der Waals surface area contributed by atoms with E-state index in [1.807, 2.05) is 37.8 Å². The molecule has 0 radical (unpaired) electrons. The van der Waals surface area contributed by atoms with Gasteiger partial charge in [-0.05, 0) is 71.4 Å². The Morgan fingerprint density at radius 1 is 0.967 bits per heavy atom. The molecule has 7 heteroatoms. The lowest BCUT2D eigenvalue weighted by atomic mass is 9.85. The third-order valence-electron chi connectivity index (χ3n) is 6.63. The fourth-order valence-corrected chi connectivity index (χ4v) is 6.80. The quantitative estimate of drug-likeness (QED) is 0.772. The molecule has 1 amide bonds. The number of benzene rings is 1. The maximum absolute atomic E-state index is 13.0. The molecule has 0 bridgehead atoms. The van der Waals surface area contributed by atoms with E-state index >= 15 is 0 Å². The molecule has 6 nitrogen and oxygen atoms in total. The summed E-state index contributed by atoms with van der Waals surface area (Å²) in [6, 6.07) is 4.25. The van der Waals surface area contributed by atoms with Gasteiger partial charge in [0.2, 0.25) is 15.9 Å². The number of hydrogen-bond acceptors (Lipinski definition) is 4. The predicted molar refractivity (Wildman–Crippen MR) is 120 cm³/mol. The summed E-state index contributed by atoms with van der Waals surface area (Å²) in [5.74, 6) is 0.282. The Hall–Kier alpha value is -1.44. The van der Waals surface area contributed by atoms with E-state index < -0.39 is 10.0 Å². The zero-order valence-electron chi connectivity index (χ0n) is 19.1. The molecule has 1 heterocycles. The summed E-state index contributed by atoms with van der Waals surface area (Å²) in [6.07, 6.45) is 2.93. The molecular formula is C23H37N3O3S. The third-order valence-corrected chi connectivity index (χ3v) is 8.45. The molecule has 1 aliphatic heterocycles. The number of rotatable bonds is 5. The summed E-state index contributed by atoms with van der Waals surface area (Å²) in [5, 5.41) is 0. The minimum Gasteiger partial charge on any atom is -0.340 e. The van der Waals surface area contributed by atoms with Gasteiger partial charge in [0.25, 0.3) is 0 Å². The summed E-state index contributed by atoms with van der Waals surface area (Å²) in [4.78, 5) is 17.7. The van der Waals surface area contributed by atoms with Gasteiger partial charge in [0.05, 0.1) is 4.90 Å². The van der Waals surface area contributed by atoms with Crippen molar-refractivity contribution >= 4 is 15.9 Å². The molecule has 0 aromatic heterocycles. The van der Waals surface area contributed by atoms with Crippen LogP contribution in [-0.4, -0.2) is 62.4 Å². The average Bonchev–Trinajstić information content (AvgIpc) is 2.66. The maximum atomic E-state index is 13.0. The van der Waals surface area contributed by atoms with Crippen molar-refractivity contribution in [2.24, 2.45) is 5.92 Å². The largest absolute Gasteiger partial charge is 0.340 e. The fourth-order valence-electron chi connectivity index (χ4n) is 5.04. The minimum atomic E-state index is -3.56. The fraction of sp³-hybridized carbons (Fsp3) is 0.696. The van der Waals surface area contributed by atoms with Crippen molar-refractivity contribution in [3.63, 3.8) is 0 Å². The lowest BCUT2D eigenvalue weighted by molar-refractivity contribution is -0.138. The highest BCUT2D eigenvalue weighted by atomic mass is 32.2. The number of hydrogen-bond donors (Lipinski definition) is 1. The third kappa shape index (κ3) is 5.24. The van der Waals surface area contributed by atoms with Crippen molar-refractivity contribution in [2.45, 2.75) is 77.3 Å². The summed E-state index contributed by atoms with van der Waals surface area (Å²) in [5.41, 5.74) is 2.63. The van der Waals surface area contributed by atoms with E-state index in [2.05, 4.69) is 23.5 Å². The van der Waals surface area contributed by atoms with Crippen molar-refractivity contribution in [3.05, 3.63) is 28.8 Å². The highest BCUT2D eigenvalue weighted by molar-refractivity contribution is 7.89. The first-order valence-corrected chi connectivity index (χ1v) is 12.7. The van der Waals surface area contributed by atoms with E-state index in [-0.39, 0.29) is 17.9 Å². The normalized spacial score (nSPS) is 23.7. The molecule has 0 unspecified atom stereocenters. The highest BCUT2D eigenvalue weighted by Crippen LogP contribution is 2.29. The molecule has 0 atom stereocenters. The molecule has 1 aromatic carbocycles. The topological polar surface area (TPSA) is 69.7 Å². The van der Waals surface area contributed by atoms with Crippen LogP contribution in [0.4, 0.5) is 0 Å². The van der Waals surface area contributed by atoms with Crippen LogP contribution in [0.3, 0.4) is 0 Å². The van der Waals surface area contributed by atoms with Crippen molar-refractivity contribution in [3.8, 4) is 0 Å². The maximum Gasteiger partial charge on any atom is 0.241 e. The van der Waals surface area contributed by atoms with E-state index in [0.717, 1.165) is 55.7 Å². The van der Waals surface area contributed by atoms with Gasteiger partial charge in [0, 0.05) is 44.2 Å². The van der Waals surface area contributed by atoms with Crippen molar-refractivity contribution < 1.29 is 13.2 Å². The minimum absolute atomic E-state index is 0.0270. The second-order valence-corrected chi connectivity index (χ2v) is 11.0. The van der Waals surface area contributed by atoms with Crippen LogP contribution in [-0.2, 0) is 14.8 Å². The average molecular weight is 436 g/mol. The van der Waals surface area contributed by atoms with Crippen molar-refractivity contribution in [1.29, 1.82) is 0 Å². The van der Waals surface area contributed by atoms with Gasteiger partial charge in [-0.3, -0.25) is 9.69 Å². The van der Waals surface area contributed by atoms with E-state index in [1.54, 1.807) is 0 Å². The van der Waals surface area contributed by atoms with Crippen LogP contribution in [0.1, 0.15) is 56.2 Å². The molecule has 1 aliphatic carbocycles. The number of nitrogens with one attached hydrogen (secondary N) is 1. The molecule has 1 N–H and O–H groups in total. The second kappa shape index (κ2) is 9.37. The Kier molecular flexibility index (Phi) is 7.25. The number of carbonyl (C=O) groups excluding carboxylic acids is 1.